The number of hydrogen-bond donors (Lipinski definition) is 5. The number of nitro groups is 1. The van der Waals surface area contributed by atoms with Crippen LogP contribution in [0.4, 0.5) is 17.1 Å². The number of aromatic amines is 1. The number of amides is 1. The van der Waals surface area contributed by atoms with Crippen LogP contribution >= 0.6 is 30.9 Å². The van der Waals surface area contributed by atoms with Crippen LogP contribution in [0.5, 0.6) is 0 Å². The molecule has 5 N–H and O–H groups in total. The van der Waals surface area contributed by atoms with Gasteiger partial charge >= 0.3 is 0 Å². The van der Waals surface area contributed by atoms with Crippen LogP contribution in [0.1, 0.15) is 49.0 Å². The Balaban J connectivity index is 0.988. The fourth-order valence-corrected chi connectivity index (χ4v) is 12.7. The van der Waals surface area contributed by atoms with Crippen molar-refractivity contribution in [3.8, 4) is 0 Å². The number of aliphatic hydroxyl groups excluding tert-OH is 1. The lowest BCUT2D eigenvalue weighted by atomic mass is 9.72. The van der Waals surface area contributed by atoms with Crippen molar-refractivity contribution in [3.05, 3.63) is 117 Å². The van der Waals surface area contributed by atoms with Crippen LogP contribution in [0, 0.1) is 15.5 Å². The number of pyridine rings is 1. The quantitative estimate of drug-likeness (QED) is 0.0387. The largest absolute Gasteiger partial charge is 0.395 e. The van der Waals surface area contributed by atoms with Gasteiger partial charge in [0.25, 0.3) is 21.6 Å². The van der Waals surface area contributed by atoms with E-state index >= 15 is 0 Å². The van der Waals surface area contributed by atoms with Gasteiger partial charge in [0.15, 0.2) is 0 Å². The third kappa shape index (κ3) is 11.4. The molecule has 1 aliphatic carbocycles. The van der Waals surface area contributed by atoms with Crippen molar-refractivity contribution in [3.63, 3.8) is 0 Å². The number of allylic oxidation sites excluding steroid dienone is 1. The van der Waals surface area contributed by atoms with E-state index in [2.05, 4.69) is 55.8 Å². The van der Waals surface area contributed by atoms with Crippen LogP contribution in [0.2, 0.25) is 5.02 Å². The maximum Gasteiger partial charge on any atom is 0.293 e. The van der Waals surface area contributed by atoms with E-state index in [9.17, 15) is 33.3 Å². The fourth-order valence-electron chi connectivity index (χ4n) is 9.01. The summed E-state index contributed by atoms with van der Waals surface area (Å²) in [5, 5.41) is 27.0. The van der Waals surface area contributed by atoms with Gasteiger partial charge in [0, 0.05) is 103 Å². The number of nitrogens with one attached hydrogen (secondary N) is 3. The van der Waals surface area contributed by atoms with Crippen LogP contribution in [-0.4, -0.2) is 133 Å². The monoisotopic (exact) mass is 975 g/mol. The van der Waals surface area contributed by atoms with Gasteiger partial charge in [-0.25, -0.2) is 18.1 Å². The maximum absolute atomic E-state index is 14.1. The molecule has 2 aliphatic heterocycles. The average Bonchev–Trinajstić information content (AvgIpc) is 3.76. The number of benzene rings is 3. The first-order valence-corrected chi connectivity index (χ1v) is 27.4. The van der Waals surface area contributed by atoms with Crippen molar-refractivity contribution in [2.75, 3.05) is 88.2 Å². The number of anilines is 2. The molecule has 3 aromatic carbocycles. The second-order valence-corrected chi connectivity index (χ2v) is 25.3. The number of H-pyrrole nitrogens is 1. The summed E-state index contributed by atoms with van der Waals surface area (Å²) in [4.78, 5) is 51.3. The molecule has 0 bridgehead atoms. The number of sulfonamides is 1. The van der Waals surface area contributed by atoms with E-state index in [1.54, 1.807) is 18.5 Å². The minimum atomic E-state index is -4.59. The van der Waals surface area contributed by atoms with E-state index in [0.717, 1.165) is 79.0 Å². The van der Waals surface area contributed by atoms with E-state index < -0.39 is 38.9 Å². The van der Waals surface area contributed by atoms with Gasteiger partial charge in [0.2, 0.25) is 0 Å². The molecule has 2 aromatic heterocycles. The molecule has 5 aromatic rings. The van der Waals surface area contributed by atoms with Gasteiger partial charge in [-0.2, -0.15) is 0 Å². The summed E-state index contributed by atoms with van der Waals surface area (Å²) < 4.78 is 29.8. The van der Waals surface area contributed by atoms with Crippen LogP contribution in [-0.2, 0) is 10.0 Å². The number of carbonyl (C=O) groups is 1. The predicted octanol–water partition coefficient (Wildman–Crippen LogP) is 7.82. The average molecular weight is 977 g/mol. The van der Waals surface area contributed by atoms with E-state index in [-0.39, 0.29) is 35.9 Å². The summed E-state index contributed by atoms with van der Waals surface area (Å²) in [6.45, 7) is 11.8. The molecule has 2 fully saturated rings. The topological polar surface area (TPSA) is 197 Å². The summed E-state index contributed by atoms with van der Waals surface area (Å²) in [7, 11) is -6.54. The number of rotatable bonds is 15. The highest BCUT2D eigenvalue weighted by molar-refractivity contribution is 7.99. The number of nitro benzene ring substituents is 1. The van der Waals surface area contributed by atoms with Crippen molar-refractivity contribution in [2.45, 2.75) is 53.8 Å². The Labute approximate surface area is 395 Å². The molecule has 1 unspecified atom stereocenters. The number of aliphatic hydroxyl groups is 1. The fraction of sp³-hybridized carbons (Fsp3) is 0.404. The highest BCUT2D eigenvalue weighted by Gasteiger charge is 2.32. The highest BCUT2D eigenvalue weighted by atomic mass is 35.5. The molecule has 1 atom stereocenters. The zero-order valence-corrected chi connectivity index (χ0v) is 40.7. The van der Waals surface area contributed by atoms with Gasteiger partial charge in [0.1, 0.15) is 11.3 Å². The normalized spacial score (nSPS) is 18.6. The first kappa shape index (κ1) is 47.9. The van der Waals surface area contributed by atoms with Crippen molar-refractivity contribution >= 4 is 80.5 Å². The van der Waals surface area contributed by atoms with Crippen LogP contribution in [0.15, 0.2) is 105 Å². The number of nitrogens with zero attached hydrogens (tertiary/aromatic N) is 5. The Morgan fingerprint density at radius 3 is 2.48 bits per heavy atom. The van der Waals surface area contributed by atoms with Crippen LogP contribution in [0.25, 0.3) is 16.6 Å². The highest BCUT2D eigenvalue weighted by Crippen LogP contribution is 2.52. The molecular weight excluding hydrogens is 919 g/mol. The molecule has 19 heteroatoms. The van der Waals surface area contributed by atoms with Gasteiger partial charge in [-0.15, -0.1) is 0 Å². The lowest BCUT2D eigenvalue weighted by molar-refractivity contribution is -0.384. The molecule has 8 rings (SSSR count). The zero-order chi connectivity index (χ0) is 46.8. The maximum atomic E-state index is 14.1. The Kier molecular flexibility index (Phi) is 14.5. The molecule has 0 saturated carbocycles. The number of hydrogen-bond acceptors (Lipinski definition) is 13. The second-order valence-electron chi connectivity index (χ2n) is 18.5. The standard InChI is InChI=1S/C47H57ClN8O7PS2/c1-47(2)14-12-34(41(27-47)32-4-6-35(48)7-5-32)30-53-16-18-54(19-17-53)36-8-10-40(44(25-36)65-38-24-33-13-15-49-45(33)51-29-38)46(58)52-66(62,63)39-9-11-42(43(26-39)56(59)60)50-28-37(31-57)55-20-22-64(3,61)23-21-55/h4-11,13,15,24-26,29,37,50,57,61H,12,14,16-23,27-28,30-31H2,1-3H3,(H,49,51)(H,52,58). The summed E-state index contributed by atoms with van der Waals surface area (Å²) in [5.74, 6) is -0.886. The van der Waals surface area contributed by atoms with E-state index in [0.29, 0.717) is 36.0 Å². The van der Waals surface area contributed by atoms with E-state index in [4.69, 9.17) is 11.6 Å². The molecule has 66 heavy (non-hydrogen) atoms. The number of aromatic nitrogens is 2. The Hall–Kier alpha value is -4.58. The molecule has 0 spiro atoms. The molecule has 15 nitrogen and oxygen atoms in total. The smallest absolute Gasteiger partial charge is 0.293 e. The Bertz CT molecular complexity index is 2730. The van der Waals surface area contributed by atoms with Crippen molar-refractivity contribution in [1.29, 1.82) is 0 Å². The zero-order valence-electron chi connectivity index (χ0n) is 37.4. The second kappa shape index (κ2) is 19.9. The minimum Gasteiger partial charge on any atom is -0.395 e. The lowest BCUT2D eigenvalue weighted by Crippen LogP contribution is -2.48. The first-order valence-electron chi connectivity index (χ1n) is 22.2. The predicted molar refractivity (Wildman–Crippen MR) is 265 cm³/mol. The van der Waals surface area contributed by atoms with Crippen molar-refractivity contribution in [2.24, 2.45) is 5.41 Å². The number of fused-ring (bicyclic) bond motifs is 1. The Morgan fingerprint density at radius 1 is 1.03 bits per heavy atom. The van der Waals surface area contributed by atoms with Gasteiger partial charge in [-0.05, 0) is 117 Å². The van der Waals surface area contributed by atoms with Crippen molar-refractivity contribution in [1.82, 2.24) is 24.5 Å². The summed E-state index contributed by atoms with van der Waals surface area (Å²) in [6, 6.07) is 20.5. The van der Waals surface area contributed by atoms with Gasteiger partial charge in [-0.3, -0.25) is 24.7 Å². The molecular formula is C47H57ClN8O7PS2. The molecule has 1 amide bonds. The summed E-state index contributed by atoms with van der Waals surface area (Å²) in [6.07, 6.45) is 7.96. The third-order valence-corrected chi connectivity index (χ3v) is 18.0. The summed E-state index contributed by atoms with van der Waals surface area (Å²) in [5.41, 5.74) is 5.64. The number of piperazine rings is 1. The third-order valence-electron chi connectivity index (χ3n) is 13.0. The summed E-state index contributed by atoms with van der Waals surface area (Å²) >= 11 is 7.55. The van der Waals surface area contributed by atoms with Crippen LogP contribution < -0.4 is 14.9 Å². The van der Waals surface area contributed by atoms with Gasteiger partial charge < -0.3 is 25.2 Å². The minimum absolute atomic E-state index is 0.0705. The van der Waals surface area contributed by atoms with E-state index in [1.807, 2.05) is 48.0 Å². The van der Waals surface area contributed by atoms with Crippen molar-refractivity contribution < 1.29 is 28.1 Å². The van der Waals surface area contributed by atoms with Gasteiger partial charge in [0.05, 0.1) is 22.0 Å². The lowest BCUT2D eigenvalue weighted by Gasteiger charge is -2.40. The first-order chi connectivity index (χ1) is 31.5. The number of halogens is 1. The SMILES string of the molecule is CC1(C)CCC(CN2CCN(c3ccc(C(=O)NS(=O)(=O)c4ccc(NCC(CO)N5CC[P](C)(O)CC5)c([N+](=O)[O-])c4)c(Sc4cnc5[nH]ccc5c4)c3)CC2)=C(c2ccc(Cl)cc2)C1. The Morgan fingerprint density at radius 2 is 1.77 bits per heavy atom. The molecule has 3 aliphatic rings. The van der Waals surface area contributed by atoms with E-state index in [1.165, 1.54) is 40.6 Å². The van der Waals surface area contributed by atoms with Gasteiger partial charge in [-0.1, -0.05) is 54.9 Å². The van der Waals surface area contributed by atoms with Crippen LogP contribution in [0.3, 0.4) is 0 Å². The molecule has 1 radical (unpaired) electrons. The molecule has 4 heterocycles. The molecule has 2 saturated heterocycles. The molecule has 351 valence electrons. The number of carbonyl (C=O) groups excluding carboxylic acids is 1.